The van der Waals surface area contributed by atoms with Gasteiger partial charge < -0.3 is 19.8 Å². The molecule has 0 bridgehead atoms. The van der Waals surface area contributed by atoms with Crippen molar-refractivity contribution in [3.05, 3.63) is 93.0 Å². The van der Waals surface area contributed by atoms with E-state index in [1.54, 1.807) is 0 Å². The van der Waals surface area contributed by atoms with E-state index in [2.05, 4.69) is 45.5 Å². The molecule has 0 spiro atoms. The van der Waals surface area contributed by atoms with E-state index in [0.29, 0.717) is 11.1 Å². The number of nitrogens with zero attached hydrogens (tertiary/aromatic N) is 2. The van der Waals surface area contributed by atoms with Crippen LogP contribution in [0, 0.1) is 13.8 Å². The van der Waals surface area contributed by atoms with Crippen LogP contribution in [-0.2, 0) is 20.1 Å². The van der Waals surface area contributed by atoms with Gasteiger partial charge in [0.15, 0.2) is 0 Å². The van der Waals surface area contributed by atoms with E-state index >= 15 is 0 Å². The number of carbonyl (C=O) groups excluding carboxylic acids is 1. The lowest BCUT2D eigenvalue weighted by Crippen LogP contribution is -2.28. The molecular weight excluding hydrogens is 412 g/mol. The number of aryl methyl sites for hydroxylation is 3. The summed E-state index contributed by atoms with van der Waals surface area (Å²) in [6.07, 6.45) is 1.96. The Kier molecular flexibility index (Phi) is 6.20. The van der Waals surface area contributed by atoms with Crippen molar-refractivity contribution >= 4 is 16.8 Å². The number of benzene rings is 2. The van der Waals surface area contributed by atoms with Crippen molar-refractivity contribution in [2.24, 2.45) is 7.05 Å². The van der Waals surface area contributed by atoms with Crippen LogP contribution in [0.2, 0.25) is 0 Å². The summed E-state index contributed by atoms with van der Waals surface area (Å²) >= 11 is 0. The van der Waals surface area contributed by atoms with Gasteiger partial charge in [0.05, 0.1) is 11.1 Å². The number of hydrogen-bond acceptors (Lipinski definition) is 3. The molecule has 2 N–H and O–H groups in total. The van der Waals surface area contributed by atoms with Crippen LogP contribution < -0.4 is 10.9 Å². The van der Waals surface area contributed by atoms with Crippen molar-refractivity contribution < 1.29 is 4.79 Å². The quantitative estimate of drug-likeness (QED) is 0.471. The van der Waals surface area contributed by atoms with Gasteiger partial charge in [-0.15, -0.1) is 0 Å². The Balaban J connectivity index is 1.71. The largest absolute Gasteiger partial charge is 0.350 e. The lowest BCUT2D eigenvalue weighted by Gasteiger charge is -2.13. The van der Waals surface area contributed by atoms with Gasteiger partial charge in [-0.2, -0.15) is 0 Å². The van der Waals surface area contributed by atoms with Crippen LogP contribution >= 0.6 is 0 Å². The lowest BCUT2D eigenvalue weighted by atomic mass is 9.98. The Labute approximate surface area is 193 Å². The molecule has 0 radical (unpaired) electrons. The highest BCUT2D eigenvalue weighted by Crippen LogP contribution is 2.29. The van der Waals surface area contributed by atoms with Crippen molar-refractivity contribution in [3.63, 3.8) is 0 Å². The van der Waals surface area contributed by atoms with Gasteiger partial charge in [-0.05, 0) is 80.5 Å². The number of H-pyrrole nitrogens is 1. The van der Waals surface area contributed by atoms with E-state index < -0.39 is 0 Å². The highest BCUT2D eigenvalue weighted by atomic mass is 16.1. The zero-order valence-corrected chi connectivity index (χ0v) is 19.8. The van der Waals surface area contributed by atoms with Gasteiger partial charge in [0.25, 0.3) is 11.5 Å². The van der Waals surface area contributed by atoms with Gasteiger partial charge in [-0.1, -0.05) is 18.2 Å². The fraction of sp³-hybridized carbons (Fsp3) is 0.259. The predicted molar refractivity (Wildman–Crippen MR) is 133 cm³/mol. The van der Waals surface area contributed by atoms with Crippen LogP contribution in [0.25, 0.3) is 22.0 Å². The van der Waals surface area contributed by atoms with Crippen molar-refractivity contribution in [1.29, 1.82) is 0 Å². The molecular formula is C27H30N4O2. The lowest BCUT2D eigenvalue weighted by molar-refractivity contribution is 0.0952. The van der Waals surface area contributed by atoms with Crippen LogP contribution in [0.15, 0.2) is 59.5 Å². The maximum atomic E-state index is 13.3. The van der Waals surface area contributed by atoms with Crippen molar-refractivity contribution in [3.8, 4) is 11.1 Å². The molecule has 0 saturated carbocycles. The van der Waals surface area contributed by atoms with E-state index in [0.717, 1.165) is 39.8 Å². The maximum absolute atomic E-state index is 13.3. The van der Waals surface area contributed by atoms with E-state index in [1.165, 1.54) is 5.56 Å². The molecule has 0 aliphatic carbocycles. The maximum Gasteiger partial charge on any atom is 0.253 e. The van der Waals surface area contributed by atoms with E-state index in [4.69, 9.17) is 0 Å². The summed E-state index contributed by atoms with van der Waals surface area (Å²) in [7, 11) is 6.03. The van der Waals surface area contributed by atoms with Crippen LogP contribution in [0.1, 0.15) is 32.7 Å². The minimum Gasteiger partial charge on any atom is -0.350 e. The molecule has 0 unspecified atom stereocenters. The van der Waals surface area contributed by atoms with Crippen LogP contribution in [0.3, 0.4) is 0 Å². The summed E-state index contributed by atoms with van der Waals surface area (Å²) in [4.78, 5) is 30.6. The molecule has 2 aromatic heterocycles. The molecule has 0 aliphatic heterocycles. The minimum absolute atomic E-state index is 0.164. The van der Waals surface area contributed by atoms with Gasteiger partial charge in [-0.25, -0.2) is 0 Å². The molecule has 170 valence electrons. The Morgan fingerprint density at radius 3 is 2.58 bits per heavy atom. The van der Waals surface area contributed by atoms with Gasteiger partial charge in [-0.3, -0.25) is 9.59 Å². The minimum atomic E-state index is -0.201. The van der Waals surface area contributed by atoms with E-state index in [9.17, 15) is 9.59 Å². The van der Waals surface area contributed by atoms with Crippen LogP contribution in [0.5, 0.6) is 0 Å². The van der Waals surface area contributed by atoms with Crippen molar-refractivity contribution in [2.45, 2.75) is 26.9 Å². The van der Waals surface area contributed by atoms with Gasteiger partial charge >= 0.3 is 0 Å². The summed E-state index contributed by atoms with van der Waals surface area (Å²) in [6.45, 7) is 4.76. The first-order valence-corrected chi connectivity index (χ1v) is 11.0. The Bertz CT molecular complexity index is 1400. The zero-order valence-electron chi connectivity index (χ0n) is 19.8. The molecule has 6 nitrogen and oxygen atoms in total. The fourth-order valence-corrected chi connectivity index (χ4v) is 4.36. The Hall–Kier alpha value is -3.64. The third-order valence-electron chi connectivity index (χ3n) is 5.89. The number of aromatic nitrogens is 2. The fourth-order valence-electron chi connectivity index (χ4n) is 4.36. The van der Waals surface area contributed by atoms with Gasteiger partial charge in [0, 0.05) is 43.0 Å². The first kappa shape index (κ1) is 22.6. The highest BCUT2D eigenvalue weighted by Gasteiger charge is 2.16. The second-order valence-corrected chi connectivity index (χ2v) is 8.95. The summed E-state index contributed by atoms with van der Waals surface area (Å²) in [5.74, 6) is -0.201. The summed E-state index contributed by atoms with van der Waals surface area (Å²) in [5, 5.41) is 3.97. The zero-order chi connectivity index (χ0) is 23.7. The van der Waals surface area contributed by atoms with E-state index in [1.807, 2.05) is 64.0 Å². The average molecular weight is 443 g/mol. The Morgan fingerprint density at radius 1 is 1.06 bits per heavy atom. The standard InChI is InChI=1S/C27H30N4O2/c1-17-11-18(2)29-27(33)24(17)15-28-26(32)23-14-22(13-21-9-10-31(5)25(21)23)20-8-6-7-19(12-20)16-30(3)4/h6-14H,15-16H2,1-5H3,(H,28,32)(H,29,33). The molecule has 4 rings (SSSR count). The number of aromatic amines is 1. The summed E-state index contributed by atoms with van der Waals surface area (Å²) < 4.78 is 1.96. The summed E-state index contributed by atoms with van der Waals surface area (Å²) in [6, 6.07) is 16.4. The monoisotopic (exact) mass is 442 g/mol. The molecule has 4 aromatic rings. The summed E-state index contributed by atoms with van der Waals surface area (Å²) in [5.41, 5.74) is 6.82. The molecule has 0 fully saturated rings. The average Bonchev–Trinajstić information content (AvgIpc) is 3.12. The topological polar surface area (TPSA) is 70.1 Å². The van der Waals surface area contributed by atoms with Gasteiger partial charge in [0.1, 0.15) is 0 Å². The van der Waals surface area contributed by atoms with Crippen molar-refractivity contribution in [2.75, 3.05) is 14.1 Å². The molecule has 0 atom stereocenters. The molecule has 0 saturated heterocycles. The number of pyridine rings is 1. The number of hydrogen-bond donors (Lipinski definition) is 2. The number of carbonyl (C=O) groups is 1. The number of rotatable bonds is 6. The third kappa shape index (κ3) is 4.76. The SMILES string of the molecule is Cc1cc(C)c(CNC(=O)c2cc(-c3cccc(CN(C)C)c3)cc3ccn(C)c23)c(=O)[nH]1. The molecule has 1 amide bonds. The first-order valence-electron chi connectivity index (χ1n) is 11.0. The molecule has 2 heterocycles. The number of nitrogens with one attached hydrogen (secondary N) is 2. The third-order valence-corrected chi connectivity index (χ3v) is 5.89. The Morgan fingerprint density at radius 2 is 1.85 bits per heavy atom. The molecule has 33 heavy (non-hydrogen) atoms. The van der Waals surface area contributed by atoms with E-state index in [-0.39, 0.29) is 18.0 Å². The first-order chi connectivity index (χ1) is 15.7. The molecule has 0 aliphatic rings. The predicted octanol–water partition coefficient (Wildman–Crippen LogP) is 4.14. The van der Waals surface area contributed by atoms with Crippen LogP contribution in [-0.4, -0.2) is 34.5 Å². The highest BCUT2D eigenvalue weighted by molar-refractivity contribution is 6.07. The smallest absolute Gasteiger partial charge is 0.253 e. The second kappa shape index (κ2) is 9.08. The number of amides is 1. The number of fused-ring (bicyclic) bond motifs is 1. The molecule has 6 heteroatoms. The van der Waals surface area contributed by atoms with Gasteiger partial charge in [0.2, 0.25) is 0 Å². The normalized spacial score (nSPS) is 11.3. The van der Waals surface area contributed by atoms with Crippen LogP contribution in [0.4, 0.5) is 0 Å². The van der Waals surface area contributed by atoms with Crippen molar-refractivity contribution in [1.82, 2.24) is 19.8 Å². The molecule has 2 aromatic carbocycles. The second-order valence-electron chi connectivity index (χ2n) is 8.95.